The van der Waals surface area contributed by atoms with E-state index in [0.717, 1.165) is 19.4 Å². The number of imide groups is 1. The monoisotopic (exact) mass is 337 g/mol. The molecule has 0 spiro atoms. The van der Waals surface area contributed by atoms with Gasteiger partial charge in [-0.15, -0.1) is 0 Å². The summed E-state index contributed by atoms with van der Waals surface area (Å²) < 4.78 is 0. The van der Waals surface area contributed by atoms with Crippen molar-refractivity contribution in [1.29, 1.82) is 0 Å². The lowest BCUT2D eigenvalue weighted by atomic mass is 9.68. The van der Waals surface area contributed by atoms with Crippen LogP contribution in [0.3, 0.4) is 0 Å². The number of amides is 2. The third-order valence-corrected chi connectivity index (χ3v) is 6.60. The lowest BCUT2D eigenvalue weighted by Gasteiger charge is -2.47. The average Bonchev–Trinajstić information content (AvgIpc) is 2.99. The minimum Gasteiger partial charge on any atom is -0.361 e. The van der Waals surface area contributed by atoms with Crippen molar-refractivity contribution in [2.75, 3.05) is 13.6 Å². The van der Waals surface area contributed by atoms with Gasteiger partial charge in [-0.25, -0.2) is 0 Å². The second-order valence-corrected chi connectivity index (χ2v) is 8.04. The van der Waals surface area contributed by atoms with Gasteiger partial charge in [0.15, 0.2) is 0 Å². The van der Waals surface area contributed by atoms with Gasteiger partial charge in [0, 0.05) is 48.4 Å². The molecule has 2 saturated heterocycles. The predicted octanol–water partition coefficient (Wildman–Crippen LogP) is 2.18. The van der Waals surface area contributed by atoms with Crippen molar-refractivity contribution in [2.45, 2.75) is 37.6 Å². The second-order valence-electron chi connectivity index (χ2n) is 8.04. The lowest BCUT2D eigenvalue weighted by Crippen LogP contribution is -2.51. The molecule has 3 atom stereocenters. The summed E-state index contributed by atoms with van der Waals surface area (Å²) in [5.41, 5.74) is 4.08. The van der Waals surface area contributed by atoms with Crippen LogP contribution in [0.25, 0.3) is 10.9 Å². The molecule has 1 aliphatic carbocycles. The number of likely N-dealkylation sites (tertiary alicyclic amines) is 1. The number of hydrogen-bond donors (Lipinski definition) is 2. The van der Waals surface area contributed by atoms with Gasteiger partial charge >= 0.3 is 0 Å². The topological polar surface area (TPSA) is 65.2 Å². The maximum absolute atomic E-state index is 11.8. The van der Waals surface area contributed by atoms with Crippen LogP contribution in [-0.4, -0.2) is 41.3 Å². The van der Waals surface area contributed by atoms with Crippen LogP contribution < -0.4 is 5.32 Å². The first kappa shape index (κ1) is 15.1. The van der Waals surface area contributed by atoms with Crippen molar-refractivity contribution in [3.63, 3.8) is 0 Å². The zero-order valence-corrected chi connectivity index (χ0v) is 14.4. The van der Waals surface area contributed by atoms with E-state index in [0.29, 0.717) is 30.7 Å². The van der Waals surface area contributed by atoms with Gasteiger partial charge in [0.1, 0.15) is 0 Å². The third kappa shape index (κ3) is 2.33. The fourth-order valence-corrected chi connectivity index (χ4v) is 5.46. The summed E-state index contributed by atoms with van der Waals surface area (Å²) in [5, 5.41) is 3.84. The van der Waals surface area contributed by atoms with Crippen LogP contribution in [-0.2, 0) is 16.0 Å². The summed E-state index contributed by atoms with van der Waals surface area (Å²) >= 11 is 0. The van der Waals surface area contributed by atoms with Gasteiger partial charge in [0.2, 0.25) is 11.8 Å². The standard InChI is InChI=1S/C20H23N3O2/c1-23-10-13(11-7-18(24)22-19(25)8-11)5-15-14-3-2-4-16-20(14)12(9-21-16)6-17(15)23/h2-4,9,11,13,15,17,21H,5-8,10H2,1H3,(H,22,24,25)/t13-,15-,17-/m1/s1. The van der Waals surface area contributed by atoms with Crippen LogP contribution in [0.1, 0.15) is 36.3 Å². The zero-order valence-electron chi connectivity index (χ0n) is 14.4. The molecule has 5 heteroatoms. The van der Waals surface area contributed by atoms with Crippen LogP contribution in [0, 0.1) is 11.8 Å². The molecule has 2 fully saturated rings. The fraction of sp³-hybridized carbons (Fsp3) is 0.500. The smallest absolute Gasteiger partial charge is 0.226 e. The minimum absolute atomic E-state index is 0.107. The van der Waals surface area contributed by atoms with Crippen molar-refractivity contribution in [3.8, 4) is 0 Å². The largest absolute Gasteiger partial charge is 0.361 e. The molecular formula is C20H23N3O2. The molecule has 0 unspecified atom stereocenters. The zero-order chi connectivity index (χ0) is 17.1. The van der Waals surface area contributed by atoms with E-state index in [1.54, 1.807) is 0 Å². The number of carbonyl (C=O) groups excluding carboxylic acids is 2. The Morgan fingerprint density at radius 3 is 2.68 bits per heavy atom. The van der Waals surface area contributed by atoms with E-state index >= 15 is 0 Å². The number of hydrogen-bond acceptors (Lipinski definition) is 3. The summed E-state index contributed by atoms with van der Waals surface area (Å²) in [6.07, 6.45) is 5.29. The first-order valence-corrected chi connectivity index (χ1v) is 9.22. The number of likely N-dealkylation sites (N-methyl/N-ethyl adjacent to an activating group) is 1. The van der Waals surface area contributed by atoms with E-state index in [9.17, 15) is 9.59 Å². The number of piperidine rings is 2. The van der Waals surface area contributed by atoms with Gasteiger partial charge in [-0.2, -0.15) is 0 Å². The molecule has 0 radical (unpaired) electrons. The highest BCUT2D eigenvalue weighted by Crippen LogP contribution is 2.46. The van der Waals surface area contributed by atoms with Gasteiger partial charge in [0.05, 0.1) is 0 Å². The SMILES string of the molecule is CN1C[C@H](C2CC(=O)NC(=O)C2)C[C@@H]2c3cccc4[nH]cc(c34)C[C@H]21. The summed E-state index contributed by atoms with van der Waals surface area (Å²) in [7, 11) is 2.20. The number of aromatic amines is 1. The number of fused-ring (bicyclic) bond motifs is 2. The highest BCUT2D eigenvalue weighted by Gasteiger charge is 2.43. The Morgan fingerprint density at radius 2 is 1.88 bits per heavy atom. The van der Waals surface area contributed by atoms with E-state index in [1.807, 2.05) is 0 Å². The maximum atomic E-state index is 11.8. The molecule has 0 bridgehead atoms. The molecule has 0 saturated carbocycles. The molecule has 3 heterocycles. The van der Waals surface area contributed by atoms with Crippen LogP contribution in [0.2, 0.25) is 0 Å². The molecule has 2 aliphatic heterocycles. The van der Waals surface area contributed by atoms with Crippen molar-refractivity contribution >= 4 is 22.7 Å². The summed E-state index contributed by atoms with van der Waals surface area (Å²) in [4.78, 5) is 29.5. The predicted molar refractivity (Wildman–Crippen MR) is 95.1 cm³/mol. The first-order valence-electron chi connectivity index (χ1n) is 9.22. The molecule has 25 heavy (non-hydrogen) atoms. The molecule has 3 aliphatic rings. The molecule has 2 aromatic rings. The van der Waals surface area contributed by atoms with Crippen molar-refractivity contribution in [1.82, 2.24) is 15.2 Å². The molecule has 5 rings (SSSR count). The van der Waals surface area contributed by atoms with E-state index in [1.165, 1.54) is 22.0 Å². The minimum atomic E-state index is -0.107. The first-order chi connectivity index (χ1) is 12.1. The lowest BCUT2D eigenvalue weighted by molar-refractivity contribution is -0.136. The molecule has 2 N–H and O–H groups in total. The van der Waals surface area contributed by atoms with E-state index in [4.69, 9.17) is 0 Å². The van der Waals surface area contributed by atoms with Gasteiger partial charge < -0.3 is 9.88 Å². The summed E-state index contributed by atoms with van der Waals surface area (Å²) in [5.74, 6) is 0.846. The van der Waals surface area contributed by atoms with Gasteiger partial charge in [-0.3, -0.25) is 14.9 Å². The number of benzene rings is 1. The molecule has 2 amide bonds. The Kier molecular flexibility index (Phi) is 3.29. The van der Waals surface area contributed by atoms with Crippen LogP contribution >= 0.6 is 0 Å². The van der Waals surface area contributed by atoms with Crippen molar-refractivity contribution < 1.29 is 9.59 Å². The van der Waals surface area contributed by atoms with Crippen molar-refractivity contribution in [3.05, 3.63) is 35.5 Å². The molecule has 1 aromatic carbocycles. The van der Waals surface area contributed by atoms with Crippen LogP contribution in [0.15, 0.2) is 24.4 Å². The number of H-pyrrole nitrogens is 1. The van der Waals surface area contributed by atoms with E-state index in [-0.39, 0.29) is 17.7 Å². The van der Waals surface area contributed by atoms with E-state index in [2.05, 4.69) is 46.6 Å². The molecule has 130 valence electrons. The Hall–Kier alpha value is -2.14. The van der Waals surface area contributed by atoms with Crippen LogP contribution in [0.5, 0.6) is 0 Å². The number of carbonyl (C=O) groups is 2. The van der Waals surface area contributed by atoms with Crippen LogP contribution in [0.4, 0.5) is 0 Å². The van der Waals surface area contributed by atoms with Gasteiger partial charge in [-0.05, 0) is 48.9 Å². The summed E-state index contributed by atoms with van der Waals surface area (Å²) in [6.45, 7) is 0.974. The second kappa shape index (κ2) is 5.43. The normalized spacial score (nSPS) is 30.4. The quantitative estimate of drug-likeness (QED) is 0.784. The van der Waals surface area contributed by atoms with Crippen molar-refractivity contribution in [2.24, 2.45) is 11.8 Å². The average molecular weight is 337 g/mol. The Morgan fingerprint density at radius 1 is 1.08 bits per heavy atom. The third-order valence-electron chi connectivity index (χ3n) is 6.60. The fourth-order valence-electron chi connectivity index (χ4n) is 5.46. The number of nitrogens with one attached hydrogen (secondary N) is 2. The number of aromatic nitrogens is 1. The van der Waals surface area contributed by atoms with Gasteiger partial charge in [-0.1, -0.05) is 12.1 Å². The number of rotatable bonds is 1. The Labute approximate surface area is 146 Å². The number of nitrogens with zero attached hydrogens (tertiary/aromatic N) is 1. The maximum Gasteiger partial charge on any atom is 0.226 e. The highest BCUT2D eigenvalue weighted by atomic mass is 16.2. The Bertz CT molecular complexity index is 855. The Balaban J connectivity index is 1.50. The molecule has 5 nitrogen and oxygen atoms in total. The van der Waals surface area contributed by atoms with Gasteiger partial charge in [0.25, 0.3) is 0 Å². The summed E-state index contributed by atoms with van der Waals surface area (Å²) in [6, 6.07) is 7.07. The molecular weight excluding hydrogens is 314 g/mol. The molecule has 1 aromatic heterocycles. The van der Waals surface area contributed by atoms with E-state index < -0.39 is 0 Å². The highest BCUT2D eigenvalue weighted by molar-refractivity contribution is 5.97.